The van der Waals surface area contributed by atoms with Gasteiger partial charge in [0.15, 0.2) is 5.54 Å². The zero-order valence-electron chi connectivity index (χ0n) is 15.9. The van der Waals surface area contributed by atoms with E-state index in [1.165, 1.54) is 0 Å². The minimum atomic E-state index is -1.08. The van der Waals surface area contributed by atoms with Crippen molar-refractivity contribution in [2.45, 2.75) is 11.6 Å². The number of rotatable bonds is 4. The number of hydrogen-bond donors (Lipinski definition) is 0. The lowest BCUT2D eigenvalue weighted by Crippen LogP contribution is -2.72. The maximum absolute atomic E-state index is 13.4. The fraction of sp³-hybridized carbons (Fsp3) is 0.167. The van der Waals surface area contributed by atoms with Crippen molar-refractivity contribution in [2.24, 2.45) is 0 Å². The average molecular weight is 370 g/mol. The summed E-state index contributed by atoms with van der Waals surface area (Å²) < 4.78 is 0. The third-order valence-corrected chi connectivity index (χ3v) is 5.61. The van der Waals surface area contributed by atoms with Gasteiger partial charge in [0, 0.05) is 19.7 Å². The van der Waals surface area contributed by atoms with E-state index < -0.39 is 5.54 Å². The Bertz CT molecular complexity index is 989. The quantitative estimate of drug-likeness (QED) is 0.654. The molecule has 0 bridgehead atoms. The van der Waals surface area contributed by atoms with Gasteiger partial charge in [0.1, 0.15) is 0 Å². The SMILES string of the molecule is CN1C(=O)[C@@](c2ccccc2)(N(C)C(=O)c2ccccc2)C1c1ccccc1. The van der Waals surface area contributed by atoms with Gasteiger partial charge in [-0.3, -0.25) is 9.59 Å². The number of carbonyl (C=O) groups excluding carboxylic acids is 2. The summed E-state index contributed by atoms with van der Waals surface area (Å²) in [6.07, 6.45) is 0. The van der Waals surface area contributed by atoms with E-state index >= 15 is 0 Å². The summed E-state index contributed by atoms with van der Waals surface area (Å²) >= 11 is 0. The summed E-state index contributed by atoms with van der Waals surface area (Å²) in [7, 11) is 3.52. The Labute approximate surface area is 165 Å². The minimum absolute atomic E-state index is 0.0839. The van der Waals surface area contributed by atoms with Gasteiger partial charge in [-0.2, -0.15) is 0 Å². The third kappa shape index (κ3) is 2.53. The molecule has 1 heterocycles. The lowest BCUT2D eigenvalue weighted by atomic mass is 9.69. The van der Waals surface area contributed by atoms with E-state index in [2.05, 4.69) is 0 Å². The number of likely N-dealkylation sites (tertiary alicyclic amines) is 1. The first-order valence-corrected chi connectivity index (χ1v) is 9.29. The molecular weight excluding hydrogens is 348 g/mol. The number of carbonyl (C=O) groups is 2. The normalized spacial score (nSPS) is 21.1. The van der Waals surface area contributed by atoms with Crippen LogP contribution >= 0.6 is 0 Å². The fourth-order valence-corrected chi connectivity index (χ4v) is 4.25. The Morgan fingerprint density at radius 3 is 1.93 bits per heavy atom. The van der Waals surface area contributed by atoms with Crippen LogP contribution in [0.15, 0.2) is 91.0 Å². The van der Waals surface area contributed by atoms with Crippen LogP contribution in [0, 0.1) is 0 Å². The minimum Gasteiger partial charge on any atom is -0.333 e. The molecule has 1 fully saturated rings. The molecule has 1 unspecified atom stereocenters. The molecule has 0 aliphatic carbocycles. The summed E-state index contributed by atoms with van der Waals surface area (Å²) in [6, 6.07) is 28.3. The Morgan fingerprint density at radius 1 is 0.857 bits per heavy atom. The van der Waals surface area contributed by atoms with Gasteiger partial charge >= 0.3 is 0 Å². The molecule has 140 valence electrons. The van der Waals surface area contributed by atoms with Crippen molar-refractivity contribution < 1.29 is 9.59 Å². The van der Waals surface area contributed by atoms with Gasteiger partial charge in [-0.15, -0.1) is 0 Å². The molecule has 2 amide bonds. The lowest BCUT2D eigenvalue weighted by Gasteiger charge is -2.58. The highest BCUT2D eigenvalue weighted by Crippen LogP contribution is 2.52. The second-order valence-electron chi connectivity index (χ2n) is 7.09. The first kappa shape index (κ1) is 18.0. The summed E-state index contributed by atoms with van der Waals surface area (Å²) in [4.78, 5) is 30.0. The summed E-state index contributed by atoms with van der Waals surface area (Å²) in [5.41, 5.74) is 1.30. The molecule has 0 radical (unpaired) electrons. The number of benzene rings is 3. The van der Waals surface area contributed by atoms with Crippen molar-refractivity contribution in [3.63, 3.8) is 0 Å². The monoisotopic (exact) mass is 370 g/mol. The fourth-order valence-electron chi connectivity index (χ4n) is 4.25. The third-order valence-electron chi connectivity index (χ3n) is 5.61. The van der Waals surface area contributed by atoms with Crippen LogP contribution in [-0.4, -0.2) is 35.7 Å². The van der Waals surface area contributed by atoms with Crippen LogP contribution in [0.3, 0.4) is 0 Å². The van der Waals surface area contributed by atoms with E-state index in [0.717, 1.165) is 11.1 Å². The van der Waals surface area contributed by atoms with Gasteiger partial charge in [-0.25, -0.2) is 0 Å². The molecule has 3 aromatic rings. The van der Waals surface area contributed by atoms with Crippen LogP contribution in [0.25, 0.3) is 0 Å². The average Bonchev–Trinajstić information content (AvgIpc) is 2.77. The van der Waals surface area contributed by atoms with Gasteiger partial charge in [-0.05, 0) is 23.3 Å². The smallest absolute Gasteiger partial charge is 0.256 e. The number of amides is 2. The van der Waals surface area contributed by atoms with Crippen molar-refractivity contribution in [2.75, 3.05) is 14.1 Å². The van der Waals surface area contributed by atoms with E-state index in [1.54, 1.807) is 36.0 Å². The van der Waals surface area contributed by atoms with E-state index in [9.17, 15) is 9.59 Å². The first-order valence-electron chi connectivity index (χ1n) is 9.29. The van der Waals surface area contributed by atoms with Crippen molar-refractivity contribution in [3.8, 4) is 0 Å². The largest absolute Gasteiger partial charge is 0.333 e. The molecule has 28 heavy (non-hydrogen) atoms. The van der Waals surface area contributed by atoms with E-state index in [0.29, 0.717) is 5.56 Å². The summed E-state index contributed by atoms with van der Waals surface area (Å²) in [5, 5.41) is 0. The molecule has 0 N–H and O–H groups in total. The van der Waals surface area contributed by atoms with Crippen molar-refractivity contribution >= 4 is 11.8 Å². The van der Waals surface area contributed by atoms with Crippen molar-refractivity contribution in [1.29, 1.82) is 0 Å². The molecular formula is C24H22N2O2. The second kappa shape index (κ2) is 6.97. The van der Waals surface area contributed by atoms with Gasteiger partial charge in [0.05, 0.1) is 6.04 Å². The summed E-state index contributed by atoms with van der Waals surface area (Å²) in [6.45, 7) is 0. The molecule has 1 saturated heterocycles. The maximum Gasteiger partial charge on any atom is 0.256 e. The van der Waals surface area contributed by atoms with Crippen LogP contribution in [0.1, 0.15) is 27.5 Å². The zero-order chi connectivity index (χ0) is 19.7. The van der Waals surface area contributed by atoms with Gasteiger partial charge in [0.25, 0.3) is 11.8 Å². The standard InChI is InChI=1S/C24H22N2O2/c1-25-21(18-12-6-3-7-13-18)24(23(25)28,20-16-10-5-11-17-20)26(2)22(27)19-14-8-4-9-15-19/h3-17,21H,1-2H3/t21?,24-/m0/s1. The second-order valence-corrected chi connectivity index (χ2v) is 7.09. The van der Waals surface area contributed by atoms with Crippen LogP contribution in [0.4, 0.5) is 0 Å². The first-order chi connectivity index (χ1) is 13.6. The molecule has 4 nitrogen and oxygen atoms in total. The zero-order valence-corrected chi connectivity index (χ0v) is 15.9. The highest BCUT2D eigenvalue weighted by Gasteiger charge is 2.64. The van der Waals surface area contributed by atoms with Gasteiger partial charge in [0.2, 0.25) is 0 Å². The topological polar surface area (TPSA) is 40.6 Å². The Kier molecular flexibility index (Phi) is 4.47. The predicted octanol–water partition coefficient (Wildman–Crippen LogP) is 3.87. The van der Waals surface area contributed by atoms with E-state index in [1.807, 2.05) is 78.9 Å². The van der Waals surface area contributed by atoms with Crippen LogP contribution < -0.4 is 0 Å². The Morgan fingerprint density at radius 2 is 1.36 bits per heavy atom. The van der Waals surface area contributed by atoms with Crippen LogP contribution in [0.5, 0.6) is 0 Å². The number of nitrogens with zero attached hydrogens (tertiary/aromatic N) is 2. The van der Waals surface area contributed by atoms with Crippen molar-refractivity contribution in [1.82, 2.24) is 9.80 Å². The molecule has 4 rings (SSSR count). The molecule has 0 saturated carbocycles. The molecule has 0 aromatic heterocycles. The van der Waals surface area contributed by atoms with Crippen molar-refractivity contribution in [3.05, 3.63) is 108 Å². The molecule has 3 aromatic carbocycles. The number of likely N-dealkylation sites (N-methyl/N-ethyl adjacent to an activating group) is 2. The lowest BCUT2D eigenvalue weighted by molar-refractivity contribution is -0.172. The highest BCUT2D eigenvalue weighted by molar-refractivity contribution is 6.03. The maximum atomic E-state index is 13.4. The molecule has 0 spiro atoms. The Balaban J connectivity index is 1.88. The van der Waals surface area contributed by atoms with Gasteiger partial charge < -0.3 is 9.80 Å². The molecule has 2 atom stereocenters. The summed E-state index contributed by atoms with van der Waals surface area (Å²) in [5.74, 6) is -0.258. The Hall–Kier alpha value is -3.40. The molecule has 1 aliphatic rings. The predicted molar refractivity (Wildman–Crippen MR) is 109 cm³/mol. The van der Waals surface area contributed by atoms with Gasteiger partial charge in [-0.1, -0.05) is 78.9 Å². The van der Waals surface area contributed by atoms with E-state index in [-0.39, 0.29) is 17.9 Å². The van der Waals surface area contributed by atoms with Crippen LogP contribution in [0.2, 0.25) is 0 Å². The molecule has 1 aliphatic heterocycles. The molecule has 4 heteroatoms. The number of β-lactam (4-membered cyclic amide) rings is 1. The van der Waals surface area contributed by atoms with Crippen LogP contribution in [-0.2, 0) is 10.3 Å². The number of hydrogen-bond acceptors (Lipinski definition) is 2. The van der Waals surface area contributed by atoms with E-state index in [4.69, 9.17) is 0 Å². The highest BCUT2D eigenvalue weighted by atomic mass is 16.2.